The van der Waals surface area contributed by atoms with Crippen molar-refractivity contribution in [1.29, 1.82) is 0 Å². The maximum Gasteiger partial charge on any atom is 0.233 e. The number of hydrogen-bond donors (Lipinski definition) is 2. The molecule has 0 aliphatic carbocycles. The number of amides is 1. The number of benzene rings is 2. The second kappa shape index (κ2) is 9.53. The lowest BCUT2D eigenvalue weighted by Gasteiger charge is -2.18. The molecule has 0 spiro atoms. The van der Waals surface area contributed by atoms with Gasteiger partial charge in [0.15, 0.2) is 5.82 Å². The number of rotatable bonds is 7. The number of nitrogens with zero attached hydrogens (tertiary/aromatic N) is 4. The zero-order valence-electron chi connectivity index (χ0n) is 17.9. The minimum Gasteiger partial charge on any atom is -0.351 e. The minimum absolute atomic E-state index is 0.00329. The molecule has 1 aliphatic heterocycles. The highest BCUT2D eigenvalue weighted by atomic mass is 32.2. The van der Waals surface area contributed by atoms with Crippen molar-refractivity contribution in [2.75, 3.05) is 18.9 Å². The summed E-state index contributed by atoms with van der Waals surface area (Å²) in [5.41, 5.74) is 3.36. The lowest BCUT2D eigenvalue weighted by Crippen LogP contribution is -2.41. The van der Waals surface area contributed by atoms with Crippen molar-refractivity contribution in [3.05, 3.63) is 65.7 Å². The Morgan fingerprint density at radius 1 is 1.19 bits per heavy atom. The quantitative estimate of drug-likeness (QED) is 0.437. The third kappa shape index (κ3) is 5.26. The molecule has 8 heteroatoms. The lowest BCUT2D eigenvalue weighted by molar-refractivity contribution is -0.120. The van der Waals surface area contributed by atoms with Crippen molar-refractivity contribution < 1.29 is 4.79 Å². The third-order valence-electron chi connectivity index (χ3n) is 5.49. The molecular weight excluding hydrogens is 408 g/mol. The topological polar surface area (TPSA) is 89.1 Å². The molecule has 2 heterocycles. The van der Waals surface area contributed by atoms with Crippen LogP contribution in [0.15, 0.2) is 59.8 Å². The molecule has 1 saturated heterocycles. The van der Waals surface area contributed by atoms with E-state index in [1.165, 1.54) is 27.6 Å². The van der Waals surface area contributed by atoms with Crippen LogP contribution >= 0.6 is 11.8 Å². The fourth-order valence-corrected chi connectivity index (χ4v) is 4.50. The Balaban J connectivity index is 1.31. The van der Waals surface area contributed by atoms with Crippen LogP contribution in [-0.2, 0) is 11.3 Å². The fraction of sp³-hybridized carbons (Fsp3) is 0.348. The average molecular weight is 437 g/mol. The van der Waals surface area contributed by atoms with Crippen LogP contribution in [0.1, 0.15) is 24.5 Å². The Kier molecular flexibility index (Phi) is 6.58. The molecule has 4 rings (SSSR count). The van der Waals surface area contributed by atoms with E-state index in [2.05, 4.69) is 44.7 Å². The van der Waals surface area contributed by atoms with Gasteiger partial charge in [-0.1, -0.05) is 71.9 Å². The number of nitrogen functional groups attached to an aromatic ring is 1. The molecule has 1 aliphatic rings. The van der Waals surface area contributed by atoms with E-state index in [1.807, 2.05) is 44.2 Å². The van der Waals surface area contributed by atoms with Crippen molar-refractivity contribution >= 4 is 17.7 Å². The molecule has 0 bridgehead atoms. The summed E-state index contributed by atoms with van der Waals surface area (Å²) < 4.78 is 1.45. The Morgan fingerprint density at radius 2 is 1.94 bits per heavy atom. The minimum atomic E-state index is -0.319. The molecule has 1 aromatic heterocycles. The Bertz CT molecular complexity index is 1020. The molecule has 3 aromatic rings. The van der Waals surface area contributed by atoms with Crippen LogP contribution in [0, 0.1) is 6.92 Å². The fourth-order valence-electron chi connectivity index (χ4n) is 3.72. The van der Waals surface area contributed by atoms with Crippen LogP contribution in [0.4, 0.5) is 0 Å². The summed E-state index contributed by atoms with van der Waals surface area (Å²) in [6, 6.07) is 18.5. The van der Waals surface area contributed by atoms with Crippen molar-refractivity contribution in [1.82, 2.24) is 25.1 Å². The van der Waals surface area contributed by atoms with Gasteiger partial charge in [0.2, 0.25) is 11.1 Å². The van der Waals surface area contributed by atoms with Crippen LogP contribution in [0.2, 0.25) is 0 Å². The third-order valence-corrected chi connectivity index (χ3v) is 6.55. The monoisotopic (exact) mass is 436 g/mol. The van der Waals surface area contributed by atoms with Crippen molar-refractivity contribution in [3.8, 4) is 11.4 Å². The van der Waals surface area contributed by atoms with Gasteiger partial charge in [-0.3, -0.25) is 9.69 Å². The molecule has 0 radical (unpaired) electrons. The molecule has 0 unspecified atom stereocenters. The molecule has 31 heavy (non-hydrogen) atoms. The number of nitrogens with two attached hydrogens (primary N) is 1. The Hall–Kier alpha value is -2.84. The van der Waals surface area contributed by atoms with Gasteiger partial charge in [-0.15, -0.1) is 10.2 Å². The number of carbonyl (C=O) groups excluding carboxylic acids is 1. The summed E-state index contributed by atoms with van der Waals surface area (Å²) in [4.78, 5) is 15.1. The Labute approximate surface area is 187 Å². The van der Waals surface area contributed by atoms with Gasteiger partial charge in [-0.25, -0.2) is 4.68 Å². The van der Waals surface area contributed by atoms with E-state index in [0.29, 0.717) is 11.0 Å². The highest BCUT2D eigenvalue weighted by Crippen LogP contribution is 2.25. The Morgan fingerprint density at radius 3 is 2.68 bits per heavy atom. The zero-order chi connectivity index (χ0) is 21.8. The molecular formula is C23H28N6OS. The van der Waals surface area contributed by atoms with E-state index >= 15 is 0 Å². The summed E-state index contributed by atoms with van der Waals surface area (Å²) in [6.45, 7) is 6.66. The summed E-state index contributed by atoms with van der Waals surface area (Å²) in [5, 5.41) is 11.8. The van der Waals surface area contributed by atoms with Gasteiger partial charge in [-0.2, -0.15) is 0 Å². The van der Waals surface area contributed by atoms with Gasteiger partial charge < -0.3 is 11.2 Å². The van der Waals surface area contributed by atoms with E-state index in [-0.39, 0.29) is 17.2 Å². The predicted molar refractivity (Wildman–Crippen MR) is 124 cm³/mol. The van der Waals surface area contributed by atoms with Crippen LogP contribution < -0.4 is 11.2 Å². The number of aromatic nitrogens is 3. The second-order valence-corrected chi connectivity index (χ2v) is 9.33. The normalized spacial score (nSPS) is 17.5. The van der Waals surface area contributed by atoms with Gasteiger partial charge >= 0.3 is 0 Å². The molecule has 2 atom stereocenters. The van der Waals surface area contributed by atoms with Crippen LogP contribution in [0.5, 0.6) is 0 Å². The zero-order valence-corrected chi connectivity index (χ0v) is 18.7. The van der Waals surface area contributed by atoms with Crippen LogP contribution in [-0.4, -0.2) is 50.1 Å². The maximum absolute atomic E-state index is 12.7. The number of nitrogens with one attached hydrogen (secondary N) is 1. The summed E-state index contributed by atoms with van der Waals surface area (Å²) >= 11 is 1.32. The number of hydrogen-bond acceptors (Lipinski definition) is 6. The summed E-state index contributed by atoms with van der Waals surface area (Å²) in [6.07, 6.45) is 0.959. The SMILES string of the molecule is Cc1ccc(-c2nnc(S[C@@H](C)C(=O)N[C@H]3CCN(Cc4ccccc4)C3)n2N)cc1. The van der Waals surface area contributed by atoms with Crippen LogP contribution in [0.25, 0.3) is 11.4 Å². The number of aryl methyl sites for hydroxylation is 1. The van der Waals surface area contributed by atoms with Crippen molar-refractivity contribution in [2.24, 2.45) is 0 Å². The smallest absolute Gasteiger partial charge is 0.233 e. The first-order chi connectivity index (χ1) is 15.0. The van der Waals surface area contributed by atoms with Crippen molar-refractivity contribution in [2.45, 2.75) is 43.3 Å². The number of carbonyl (C=O) groups is 1. The first-order valence-corrected chi connectivity index (χ1v) is 11.4. The van der Waals surface area contributed by atoms with Gasteiger partial charge in [0.05, 0.1) is 5.25 Å². The van der Waals surface area contributed by atoms with E-state index in [0.717, 1.165) is 31.6 Å². The standard InChI is InChI=1S/C23H28N6OS/c1-16-8-10-19(11-9-16)21-26-27-23(29(21)24)31-17(2)22(30)25-20-12-13-28(15-20)14-18-6-4-3-5-7-18/h3-11,17,20H,12-15,24H2,1-2H3,(H,25,30)/t17-,20-/m0/s1. The van der Waals surface area contributed by atoms with Crippen LogP contribution in [0.3, 0.4) is 0 Å². The predicted octanol–water partition coefficient (Wildman–Crippen LogP) is 2.84. The summed E-state index contributed by atoms with van der Waals surface area (Å²) in [7, 11) is 0. The molecule has 1 fully saturated rings. The number of thioether (sulfide) groups is 1. The highest BCUT2D eigenvalue weighted by molar-refractivity contribution is 8.00. The largest absolute Gasteiger partial charge is 0.351 e. The summed E-state index contributed by atoms with van der Waals surface area (Å²) in [5.74, 6) is 6.79. The van der Waals surface area contributed by atoms with Crippen molar-refractivity contribution in [3.63, 3.8) is 0 Å². The molecule has 0 saturated carbocycles. The average Bonchev–Trinajstić information content (AvgIpc) is 3.36. The first-order valence-electron chi connectivity index (χ1n) is 10.5. The first kappa shape index (κ1) is 21.4. The maximum atomic E-state index is 12.7. The van der Waals surface area contributed by atoms with E-state index in [4.69, 9.17) is 5.84 Å². The van der Waals surface area contributed by atoms with E-state index in [1.54, 1.807) is 0 Å². The van der Waals surface area contributed by atoms with E-state index in [9.17, 15) is 4.79 Å². The van der Waals surface area contributed by atoms with Gasteiger partial charge in [0, 0.05) is 31.2 Å². The second-order valence-electron chi connectivity index (χ2n) is 8.02. The lowest BCUT2D eigenvalue weighted by atomic mass is 10.1. The molecule has 162 valence electrons. The van der Waals surface area contributed by atoms with Gasteiger partial charge in [0.1, 0.15) is 0 Å². The van der Waals surface area contributed by atoms with Gasteiger partial charge in [0.25, 0.3) is 0 Å². The molecule has 7 nitrogen and oxygen atoms in total. The molecule has 3 N–H and O–H groups in total. The molecule has 2 aromatic carbocycles. The number of likely N-dealkylation sites (tertiary alicyclic amines) is 1. The highest BCUT2D eigenvalue weighted by Gasteiger charge is 2.27. The van der Waals surface area contributed by atoms with Gasteiger partial charge in [-0.05, 0) is 25.8 Å². The molecule has 1 amide bonds. The van der Waals surface area contributed by atoms with E-state index < -0.39 is 0 Å².